The summed E-state index contributed by atoms with van der Waals surface area (Å²) >= 11 is 0. The Kier molecular flexibility index (Phi) is 7.01. The van der Waals surface area contributed by atoms with E-state index in [1.165, 1.54) is 12.1 Å². The van der Waals surface area contributed by atoms with Gasteiger partial charge in [0.15, 0.2) is 0 Å². The number of amides is 2. The van der Waals surface area contributed by atoms with Gasteiger partial charge in [-0.2, -0.15) is 0 Å². The van der Waals surface area contributed by atoms with Gasteiger partial charge in [0.2, 0.25) is 11.8 Å². The molecule has 0 saturated carbocycles. The number of carbonyl (C=O) groups is 2. The normalized spacial score (nSPS) is 15.2. The van der Waals surface area contributed by atoms with E-state index in [0.717, 1.165) is 17.0 Å². The molecule has 1 atom stereocenters. The Labute approximate surface area is 199 Å². The summed E-state index contributed by atoms with van der Waals surface area (Å²) < 4.78 is 21.3. The number of rotatable bonds is 7. The maximum atomic E-state index is 14.1. The first-order valence-corrected chi connectivity index (χ1v) is 11.5. The first-order valence-electron chi connectivity index (χ1n) is 11.5. The van der Waals surface area contributed by atoms with Gasteiger partial charge in [-0.3, -0.25) is 9.59 Å². The minimum absolute atomic E-state index is 0.0286. The van der Waals surface area contributed by atoms with Crippen LogP contribution < -0.4 is 4.74 Å². The van der Waals surface area contributed by atoms with Gasteiger partial charge in [0.05, 0.1) is 19.6 Å². The van der Waals surface area contributed by atoms with E-state index in [1.54, 1.807) is 23.0 Å². The van der Waals surface area contributed by atoms with Gasteiger partial charge >= 0.3 is 0 Å². The molecule has 2 aromatic carbocycles. The molecule has 0 N–H and O–H groups in total. The molecular formula is C27H30FN3O3. The van der Waals surface area contributed by atoms with E-state index in [0.29, 0.717) is 18.7 Å². The summed E-state index contributed by atoms with van der Waals surface area (Å²) in [5.74, 6) is 0.118. The Bertz CT molecular complexity index is 1160. The summed E-state index contributed by atoms with van der Waals surface area (Å²) in [4.78, 5) is 30.1. The monoisotopic (exact) mass is 463 g/mol. The number of hydrogen-bond donors (Lipinski definition) is 0. The van der Waals surface area contributed by atoms with Crippen LogP contribution in [0.2, 0.25) is 0 Å². The molecule has 0 spiro atoms. The van der Waals surface area contributed by atoms with E-state index in [4.69, 9.17) is 4.74 Å². The lowest BCUT2D eigenvalue weighted by molar-refractivity contribution is -0.143. The SMILES string of the molecule is COc1ccc(CC(=O)N(CC(=O)N2CCn3cccc3[C@H]2c2cccc(F)c2)C(C)C)cc1. The van der Waals surface area contributed by atoms with Crippen molar-refractivity contribution in [2.75, 3.05) is 20.2 Å². The fourth-order valence-electron chi connectivity index (χ4n) is 4.49. The van der Waals surface area contributed by atoms with Crippen LogP contribution in [-0.4, -0.2) is 52.4 Å². The van der Waals surface area contributed by atoms with Crippen molar-refractivity contribution in [3.05, 3.63) is 89.5 Å². The van der Waals surface area contributed by atoms with Crippen LogP contribution in [0.1, 0.15) is 36.7 Å². The number of nitrogens with zero attached hydrogens (tertiary/aromatic N) is 3. The van der Waals surface area contributed by atoms with Gasteiger partial charge < -0.3 is 19.1 Å². The van der Waals surface area contributed by atoms with Crippen molar-refractivity contribution in [2.24, 2.45) is 0 Å². The van der Waals surface area contributed by atoms with Gasteiger partial charge in [-0.1, -0.05) is 24.3 Å². The molecule has 1 aromatic heterocycles. The molecule has 0 radical (unpaired) electrons. The van der Waals surface area contributed by atoms with Crippen molar-refractivity contribution in [1.29, 1.82) is 0 Å². The molecular weight excluding hydrogens is 433 g/mol. The largest absolute Gasteiger partial charge is 0.497 e. The van der Waals surface area contributed by atoms with Gasteiger partial charge in [0.1, 0.15) is 18.1 Å². The number of methoxy groups -OCH3 is 1. The standard InChI is InChI=1S/C27H30FN3O3/c1-19(2)31(25(32)16-20-9-11-23(34-3)12-10-20)18-26(33)30-15-14-29-13-5-8-24(29)27(30)21-6-4-7-22(28)17-21/h4-13,17,19,27H,14-16,18H2,1-3H3/t27-/m1/s1. The van der Waals surface area contributed by atoms with E-state index in [9.17, 15) is 14.0 Å². The second kappa shape index (κ2) is 10.1. The zero-order valence-electron chi connectivity index (χ0n) is 19.8. The molecule has 6 nitrogen and oxygen atoms in total. The quantitative estimate of drug-likeness (QED) is 0.531. The smallest absolute Gasteiger partial charge is 0.243 e. The van der Waals surface area contributed by atoms with Crippen molar-refractivity contribution in [1.82, 2.24) is 14.4 Å². The van der Waals surface area contributed by atoms with Crippen LogP contribution in [-0.2, 0) is 22.6 Å². The van der Waals surface area contributed by atoms with Gasteiger partial charge in [-0.05, 0) is 61.4 Å². The second-order valence-corrected chi connectivity index (χ2v) is 8.81. The van der Waals surface area contributed by atoms with E-state index in [-0.39, 0.29) is 36.6 Å². The second-order valence-electron chi connectivity index (χ2n) is 8.81. The van der Waals surface area contributed by atoms with Crippen LogP contribution in [0.5, 0.6) is 5.75 Å². The fraction of sp³-hybridized carbons (Fsp3) is 0.333. The lowest BCUT2D eigenvalue weighted by atomic mass is 9.99. The van der Waals surface area contributed by atoms with E-state index < -0.39 is 6.04 Å². The maximum Gasteiger partial charge on any atom is 0.243 e. The summed E-state index contributed by atoms with van der Waals surface area (Å²) in [5, 5.41) is 0. The highest BCUT2D eigenvalue weighted by Gasteiger charge is 2.34. The Balaban J connectivity index is 1.55. The van der Waals surface area contributed by atoms with Crippen LogP contribution in [0.4, 0.5) is 4.39 Å². The van der Waals surface area contributed by atoms with Crippen molar-refractivity contribution in [3.63, 3.8) is 0 Å². The molecule has 7 heteroatoms. The van der Waals surface area contributed by atoms with Crippen molar-refractivity contribution in [3.8, 4) is 5.75 Å². The van der Waals surface area contributed by atoms with Gasteiger partial charge in [-0.15, -0.1) is 0 Å². The zero-order chi connectivity index (χ0) is 24.2. The Morgan fingerprint density at radius 3 is 2.53 bits per heavy atom. The highest BCUT2D eigenvalue weighted by atomic mass is 19.1. The van der Waals surface area contributed by atoms with Crippen LogP contribution in [0.15, 0.2) is 66.9 Å². The molecule has 2 amide bonds. The molecule has 1 aliphatic heterocycles. The van der Waals surface area contributed by atoms with Gasteiger partial charge in [-0.25, -0.2) is 4.39 Å². The maximum absolute atomic E-state index is 14.1. The third-order valence-corrected chi connectivity index (χ3v) is 6.29. The van der Waals surface area contributed by atoms with Crippen LogP contribution in [0.25, 0.3) is 0 Å². The minimum atomic E-state index is -0.405. The van der Waals surface area contributed by atoms with Gasteiger partial charge in [0.25, 0.3) is 0 Å². The number of halogens is 1. The third-order valence-electron chi connectivity index (χ3n) is 6.29. The Morgan fingerprint density at radius 1 is 1.09 bits per heavy atom. The van der Waals surface area contributed by atoms with Crippen LogP contribution in [0.3, 0.4) is 0 Å². The van der Waals surface area contributed by atoms with Crippen LogP contribution in [0, 0.1) is 5.82 Å². The lowest BCUT2D eigenvalue weighted by Gasteiger charge is -2.39. The number of benzene rings is 2. The van der Waals surface area contributed by atoms with Gasteiger partial charge in [0, 0.05) is 31.0 Å². The molecule has 0 bridgehead atoms. The fourth-order valence-corrected chi connectivity index (χ4v) is 4.49. The molecule has 0 fully saturated rings. The first-order chi connectivity index (χ1) is 16.4. The highest BCUT2D eigenvalue weighted by molar-refractivity contribution is 5.86. The highest BCUT2D eigenvalue weighted by Crippen LogP contribution is 2.33. The topological polar surface area (TPSA) is 54.8 Å². The molecule has 3 aromatic rings. The number of fused-ring (bicyclic) bond motifs is 1. The molecule has 1 aliphatic rings. The Morgan fingerprint density at radius 2 is 1.85 bits per heavy atom. The summed E-state index contributed by atoms with van der Waals surface area (Å²) in [6.07, 6.45) is 2.17. The molecule has 4 rings (SSSR count). The van der Waals surface area contributed by atoms with E-state index in [1.807, 2.05) is 62.5 Å². The average Bonchev–Trinajstić information content (AvgIpc) is 3.31. The molecule has 0 aliphatic carbocycles. The predicted octanol–water partition coefficient (Wildman–Crippen LogP) is 4.05. The van der Waals surface area contributed by atoms with Crippen molar-refractivity contribution < 1.29 is 18.7 Å². The zero-order valence-corrected chi connectivity index (χ0v) is 19.8. The molecule has 34 heavy (non-hydrogen) atoms. The lowest BCUT2D eigenvalue weighted by Crippen LogP contribution is -2.49. The summed E-state index contributed by atoms with van der Waals surface area (Å²) in [7, 11) is 1.60. The summed E-state index contributed by atoms with van der Waals surface area (Å²) in [5.41, 5.74) is 2.51. The number of hydrogen-bond acceptors (Lipinski definition) is 3. The number of aromatic nitrogens is 1. The minimum Gasteiger partial charge on any atom is -0.497 e. The average molecular weight is 464 g/mol. The molecule has 0 unspecified atom stereocenters. The van der Waals surface area contributed by atoms with Crippen molar-refractivity contribution in [2.45, 2.75) is 38.9 Å². The third kappa shape index (κ3) is 4.98. The number of ether oxygens (including phenoxy) is 1. The predicted molar refractivity (Wildman–Crippen MR) is 128 cm³/mol. The van der Waals surface area contributed by atoms with Crippen molar-refractivity contribution >= 4 is 11.8 Å². The number of carbonyl (C=O) groups excluding carboxylic acids is 2. The molecule has 178 valence electrons. The molecule has 0 saturated heterocycles. The summed E-state index contributed by atoms with van der Waals surface area (Å²) in [6, 6.07) is 17.1. The first kappa shape index (κ1) is 23.5. The van der Waals surface area contributed by atoms with E-state index in [2.05, 4.69) is 4.57 Å². The van der Waals surface area contributed by atoms with E-state index >= 15 is 0 Å². The Hall–Kier alpha value is -3.61. The molecule has 2 heterocycles. The summed E-state index contributed by atoms with van der Waals surface area (Å²) in [6.45, 7) is 4.93. The van der Waals surface area contributed by atoms with Crippen LogP contribution >= 0.6 is 0 Å².